The average molecular weight is 365 g/mol. The molecule has 0 bridgehead atoms. The third-order valence-electron chi connectivity index (χ3n) is 4.79. The second kappa shape index (κ2) is 8.62. The fourth-order valence-electron chi connectivity index (χ4n) is 3.31. The molecule has 4 nitrogen and oxygen atoms in total. The van der Waals surface area contributed by atoms with Gasteiger partial charge in [-0.1, -0.05) is 32.8 Å². The van der Waals surface area contributed by atoms with Crippen LogP contribution in [0, 0.1) is 25.7 Å². The van der Waals surface area contributed by atoms with Crippen molar-refractivity contribution in [3.05, 3.63) is 29.3 Å². The van der Waals surface area contributed by atoms with Crippen LogP contribution in [0.4, 0.5) is 5.69 Å². The Morgan fingerprint density at radius 3 is 2.25 bits per heavy atom. The Morgan fingerprint density at radius 1 is 0.958 bits per heavy atom. The first-order chi connectivity index (χ1) is 11.3. The molecule has 0 spiro atoms. The van der Waals surface area contributed by atoms with E-state index in [2.05, 4.69) is 67.4 Å². The molecule has 1 aliphatic carbocycles. The summed E-state index contributed by atoms with van der Waals surface area (Å²) in [6, 6.07) is 6.67. The van der Waals surface area contributed by atoms with Crippen molar-refractivity contribution in [2.45, 2.75) is 53.0 Å². The molecule has 4 N–H and O–H groups in total. The van der Waals surface area contributed by atoms with Gasteiger partial charge in [-0.2, -0.15) is 0 Å². The Kier molecular flexibility index (Phi) is 6.80. The first-order valence-corrected chi connectivity index (χ1v) is 9.38. The van der Waals surface area contributed by atoms with Crippen LogP contribution in [-0.4, -0.2) is 16.3 Å². The van der Waals surface area contributed by atoms with Gasteiger partial charge >= 0.3 is 0 Å². The van der Waals surface area contributed by atoms with Crippen molar-refractivity contribution >= 4 is 40.3 Å². The van der Waals surface area contributed by atoms with Gasteiger partial charge in [0.25, 0.3) is 0 Å². The van der Waals surface area contributed by atoms with Crippen molar-refractivity contribution in [3.63, 3.8) is 0 Å². The van der Waals surface area contributed by atoms with E-state index in [0.29, 0.717) is 22.2 Å². The average Bonchev–Trinajstić information content (AvgIpc) is 2.49. The Balaban J connectivity index is 1.77. The molecule has 1 fully saturated rings. The second-order valence-corrected chi connectivity index (χ2v) is 7.74. The zero-order valence-electron chi connectivity index (χ0n) is 14.9. The lowest BCUT2D eigenvalue weighted by Gasteiger charge is -2.35. The summed E-state index contributed by atoms with van der Waals surface area (Å²) in [5.41, 5.74) is 9.31. The summed E-state index contributed by atoms with van der Waals surface area (Å²) in [5, 5.41) is 7.66. The van der Waals surface area contributed by atoms with Crippen molar-refractivity contribution in [1.82, 2.24) is 16.2 Å². The van der Waals surface area contributed by atoms with Gasteiger partial charge < -0.3 is 10.6 Å². The maximum Gasteiger partial charge on any atom is 0.189 e. The molecular formula is C18H28N4S2. The number of rotatable bonds is 2. The summed E-state index contributed by atoms with van der Waals surface area (Å²) < 4.78 is 0. The van der Waals surface area contributed by atoms with E-state index < -0.39 is 0 Å². The van der Waals surface area contributed by atoms with Crippen LogP contribution in [0.15, 0.2) is 18.2 Å². The van der Waals surface area contributed by atoms with Crippen LogP contribution in [0.2, 0.25) is 0 Å². The topological polar surface area (TPSA) is 48.1 Å². The zero-order valence-corrected chi connectivity index (χ0v) is 16.5. The van der Waals surface area contributed by atoms with E-state index in [-0.39, 0.29) is 0 Å². The van der Waals surface area contributed by atoms with E-state index in [1.165, 1.54) is 30.4 Å². The molecular weight excluding hydrogens is 336 g/mol. The highest BCUT2D eigenvalue weighted by Gasteiger charge is 2.27. The third-order valence-corrected chi connectivity index (χ3v) is 5.22. The normalized spacial score (nSPS) is 23.2. The number of nitrogens with one attached hydrogen (secondary N) is 4. The van der Waals surface area contributed by atoms with Crippen LogP contribution in [0.5, 0.6) is 0 Å². The molecule has 1 aliphatic rings. The smallest absolute Gasteiger partial charge is 0.189 e. The molecule has 6 heteroatoms. The molecule has 0 aliphatic heterocycles. The summed E-state index contributed by atoms with van der Waals surface area (Å²) in [4.78, 5) is 0. The second-order valence-electron chi connectivity index (χ2n) is 6.93. The number of hydrazine groups is 1. The van der Waals surface area contributed by atoms with Crippen LogP contribution in [-0.2, 0) is 0 Å². The number of thiocarbonyl (C=S) groups is 2. The van der Waals surface area contributed by atoms with Crippen molar-refractivity contribution in [3.8, 4) is 0 Å². The van der Waals surface area contributed by atoms with Gasteiger partial charge in [-0.25, -0.2) is 0 Å². The lowest BCUT2D eigenvalue weighted by molar-refractivity contribution is 0.224. The molecule has 1 saturated carbocycles. The van der Waals surface area contributed by atoms with Crippen LogP contribution in [0.25, 0.3) is 0 Å². The highest BCUT2D eigenvalue weighted by atomic mass is 32.1. The van der Waals surface area contributed by atoms with Crippen LogP contribution >= 0.6 is 24.4 Å². The molecule has 132 valence electrons. The standard InChI is InChI=1S/C18H28N4S2/c1-11-8-12(2)10-15(9-11)19-17(23)21-22-18(24)20-16-7-5-6-13(3)14(16)4/h8-10,13-14,16H,5-7H2,1-4H3,(H2,19,21,23)(H2,20,22,24)/t13-,14-,16+/m0/s1. The number of hydrogen-bond acceptors (Lipinski definition) is 2. The summed E-state index contributed by atoms with van der Waals surface area (Å²) in [6.45, 7) is 8.75. The molecule has 3 atom stereocenters. The van der Waals surface area contributed by atoms with Crippen molar-refractivity contribution < 1.29 is 0 Å². The number of benzene rings is 1. The van der Waals surface area contributed by atoms with E-state index in [4.69, 9.17) is 24.4 Å². The maximum atomic E-state index is 5.38. The van der Waals surface area contributed by atoms with Gasteiger partial charge in [-0.05, 0) is 79.8 Å². The Bertz CT molecular complexity index is 582. The van der Waals surface area contributed by atoms with Gasteiger partial charge in [0.2, 0.25) is 0 Å². The van der Waals surface area contributed by atoms with Crippen LogP contribution < -0.4 is 21.5 Å². The van der Waals surface area contributed by atoms with Gasteiger partial charge in [-0.15, -0.1) is 0 Å². The lowest BCUT2D eigenvalue weighted by atomic mass is 9.78. The summed E-state index contributed by atoms with van der Waals surface area (Å²) >= 11 is 10.7. The van der Waals surface area contributed by atoms with Crippen LogP contribution in [0.3, 0.4) is 0 Å². The minimum absolute atomic E-state index is 0.427. The first kappa shape index (κ1) is 18.9. The van der Waals surface area contributed by atoms with Crippen LogP contribution in [0.1, 0.15) is 44.2 Å². The number of hydrogen-bond donors (Lipinski definition) is 4. The fraction of sp³-hybridized carbons (Fsp3) is 0.556. The largest absolute Gasteiger partial charge is 0.358 e. The molecule has 2 rings (SSSR count). The van der Waals surface area contributed by atoms with E-state index >= 15 is 0 Å². The minimum Gasteiger partial charge on any atom is -0.358 e. The van der Waals surface area contributed by atoms with E-state index in [1.807, 2.05) is 0 Å². The first-order valence-electron chi connectivity index (χ1n) is 8.57. The third kappa shape index (κ3) is 5.60. The molecule has 0 aromatic heterocycles. The maximum absolute atomic E-state index is 5.38. The molecule has 1 aromatic rings. The molecule has 24 heavy (non-hydrogen) atoms. The predicted molar refractivity (Wildman–Crippen MR) is 110 cm³/mol. The molecule has 0 unspecified atom stereocenters. The molecule has 0 saturated heterocycles. The summed E-state index contributed by atoms with van der Waals surface area (Å²) in [7, 11) is 0. The lowest BCUT2D eigenvalue weighted by Crippen LogP contribution is -2.53. The van der Waals surface area contributed by atoms with E-state index in [0.717, 1.165) is 11.6 Å². The van der Waals surface area contributed by atoms with Gasteiger partial charge in [0, 0.05) is 11.7 Å². The molecule has 0 amide bonds. The summed E-state index contributed by atoms with van der Waals surface area (Å²) in [5.74, 6) is 1.36. The Labute approximate surface area is 156 Å². The fourth-order valence-corrected chi connectivity index (χ4v) is 3.68. The Hall–Kier alpha value is -1.40. The van der Waals surface area contributed by atoms with E-state index in [1.54, 1.807) is 0 Å². The Morgan fingerprint density at radius 2 is 1.58 bits per heavy atom. The van der Waals surface area contributed by atoms with Crippen molar-refractivity contribution in [1.29, 1.82) is 0 Å². The highest BCUT2D eigenvalue weighted by Crippen LogP contribution is 2.29. The van der Waals surface area contributed by atoms with Gasteiger partial charge in [-0.3, -0.25) is 10.9 Å². The van der Waals surface area contributed by atoms with Gasteiger partial charge in [0.05, 0.1) is 0 Å². The monoisotopic (exact) mass is 364 g/mol. The highest BCUT2D eigenvalue weighted by molar-refractivity contribution is 7.80. The van der Waals surface area contributed by atoms with Gasteiger partial charge in [0.15, 0.2) is 10.2 Å². The SMILES string of the molecule is Cc1cc(C)cc(NC(=S)NNC(=S)N[C@@H]2CCC[C@H](C)[C@@H]2C)c1. The molecule has 1 aromatic carbocycles. The molecule has 0 heterocycles. The predicted octanol–water partition coefficient (Wildman–Crippen LogP) is 3.79. The van der Waals surface area contributed by atoms with Crippen molar-refractivity contribution in [2.75, 3.05) is 5.32 Å². The number of aryl methyl sites for hydroxylation is 2. The van der Waals surface area contributed by atoms with Gasteiger partial charge in [0.1, 0.15) is 0 Å². The van der Waals surface area contributed by atoms with Crippen molar-refractivity contribution in [2.24, 2.45) is 11.8 Å². The minimum atomic E-state index is 0.427. The zero-order chi connectivity index (χ0) is 17.7. The molecule has 0 radical (unpaired) electrons. The summed E-state index contributed by atoms with van der Waals surface area (Å²) in [6.07, 6.45) is 3.73. The number of anilines is 1. The van der Waals surface area contributed by atoms with E-state index in [9.17, 15) is 0 Å². The quantitative estimate of drug-likeness (QED) is 0.473.